The summed E-state index contributed by atoms with van der Waals surface area (Å²) >= 11 is 0. The van der Waals surface area contributed by atoms with Crippen LogP contribution in [0.3, 0.4) is 0 Å². The number of nitrogens with zero attached hydrogens (tertiary/aromatic N) is 1. The van der Waals surface area contributed by atoms with Crippen molar-refractivity contribution < 1.29 is 9.90 Å². The van der Waals surface area contributed by atoms with Crippen LogP contribution in [0.2, 0.25) is 0 Å². The fourth-order valence-corrected chi connectivity index (χ4v) is 1.35. The van der Waals surface area contributed by atoms with Gasteiger partial charge in [-0.15, -0.1) is 0 Å². The highest BCUT2D eigenvalue weighted by Crippen LogP contribution is 2.14. The number of hydrogen-bond acceptors (Lipinski definition) is 3. The summed E-state index contributed by atoms with van der Waals surface area (Å²) in [4.78, 5) is 12.6. The molecule has 1 saturated heterocycles. The molecule has 3 N–H and O–H groups in total. The van der Waals surface area contributed by atoms with E-state index in [0.717, 1.165) is 19.5 Å². The van der Waals surface area contributed by atoms with Crippen molar-refractivity contribution >= 4 is 5.91 Å². The summed E-state index contributed by atoms with van der Waals surface area (Å²) < 4.78 is 0. The van der Waals surface area contributed by atoms with Crippen LogP contribution in [0.5, 0.6) is 0 Å². The van der Waals surface area contributed by atoms with Crippen LogP contribution in [0.4, 0.5) is 0 Å². The Morgan fingerprint density at radius 2 is 2.45 bits per heavy atom. The van der Waals surface area contributed by atoms with Gasteiger partial charge in [0.15, 0.2) is 0 Å². The molecule has 4 heteroatoms. The lowest BCUT2D eigenvalue weighted by Gasteiger charge is -2.13. The number of carbonyl (C=O) groups is 1. The summed E-state index contributed by atoms with van der Waals surface area (Å²) in [6.07, 6.45) is 0.974. The highest BCUT2D eigenvalue weighted by atomic mass is 16.3. The van der Waals surface area contributed by atoms with E-state index in [1.54, 1.807) is 4.90 Å². The molecule has 0 saturated carbocycles. The summed E-state index contributed by atoms with van der Waals surface area (Å²) in [6, 6.07) is 0. The second-order valence-electron chi connectivity index (χ2n) is 2.89. The zero-order valence-corrected chi connectivity index (χ0v) is 6.49. The minimum absolute atomic E-state index is 0.180. The molecule has 4 nitrogen and oxygen atoms in total. The van der Waals surface area contributed by atoms with Crippen LogP contribution in [0.15, 0.2) is 0 Å². The molecule has 1 aliphatic heterocycles. The van der Waals surface area contributed by atoms with E-state index in [-0.39, 0.29) is 12.5 Å². The fourth-order valence-electron chi connectivity index (χ4n) is 1.35. The quantitative estimate of drug-likeness (QED) is 0.529. The van der Waals surface area contributed by atoms with Crippen LogP contribution in [0.1, 0.15) is 6.42 Å². The van der Waals surface area contributed by atoms with E-state index in [0.29, 0.717) is 12.5 Å². The van der Waals surface area contributed by atoms with Crippen molar-refractivity contribution in [1.29, 1.82) is 0 Å². The zero-order valence-electron chi connectivity index (χ0n) is 6.49. The van der Waals surface area contributed by atoms with Gasteiger partial charge in [-0.3, -0.25) is 4.79 Å². The van der Waals surface area contributed by atoms with Gasteiger partial charge in [-0.2, -0.15) is 0 Å². The number of rotatable bonds is 2. The molecule has 1 heterocycles. The van der Waals surface area contributed by atoms with E-state index in [9.17, 15) is 4.79 Å². The molecule has 1 fully saturated rings. The van der Waals surface area contributed by atoms with Gasteiger partial charge in [0.2, 0.25) is 5.91 Å². The van der Waals surface area contributed by atoms with Crippen LogP contribution in [0.25, 0.3) is 0 Å². The van der Waals surface area contributed by atoms with E-state index in [2.05, 4.69) is 0 Å². The Balaban J connectivity index is 2.35. The third kappa shape index (κ3) is 1.91. The third-order valence-corrected chi connectivity index (χ3v) is 2.11. The maximum absolute atomic E-state index is 10.9. The molecule has 0 bridgehead atoms. The Morgan fingerprint density at radius 1 is 1.73 bits per heavy atom. The van der Waals surface area contributed by atoms with Crippen LogP contribution >= 0.6 is 0 Å². The lowest BCUT2D eigenvalue weighted by molar-refractivity contribution is -0.133. The van der Waals surface area contributed by atoms with Gasteiger partial charge in [0.1, 0.15) is 6.61 Å². The predicted octanol–water partition coefficient (Wildman–Crippen LogP) is -1.21. The van der Waals surface area contributed by atoms with E-state index >= 15 is 0 Å². The van der Waals surface area contributed by atoms with Crippen molar-refractivity contribution in [3.63, 3.8) is 0 Å². The average Bonchev–Trinajstić information content (AvgIpc) is 2.50. The number of nitrogens with two attached hydrogens (primary N) is 1. The Labute approximate surface area is 66.0 Å². The van der Waals surface area contributed by atoms with Crippen LogP contribution in [-0.4, -0.2) is 42.2 Å². The number of amides is 1. The van der Waals surface area contributed by atoms with Crippen molar-refractivity contribution in [3.05, 3.63) is 0 Å². The third-order valence-electron chi connectivity index (χ3n) is 2.11. The second kappa shape index (κ2) is 3.69. The number of likely N-dealkylation sites (tertiary alicyclic amines) is 1. The first-order valence-corrected chi connectivity index (χ1v) is 3.86. The molecule has 1 rings (SSSR count). The standard InChI is InChI=1S/C7H14N2O2/c8-3-6-1-2-9(4-6)7(11)5-10/h6,10H,1-5,8H2. The molecule has 64 valence electrons. The molecule has 1 atom stereocenters. The SMILES string of the molecule is NCC1CCN(C(=O)CO)C1. The van der Waals surface area contributed by atoms with E-state index < -0.39 is 0 Å². The molecule has 1 unspecified atom stereocenters. The summed E-state index contributed by atoms with van der Waals surface area (Å²) in [5, 5.41) is 8.53. The Bertz CT molecular complexity index is 149. The van der Waals surface area contributed by atoms with Crippen LogP contribution in [0, 0.1) is 5.92 Å². The molecule has 1 aliphatic rings. The van der Waals surface area contributed by atoms with Gasteiger partial charge < -0.3 is 15.7 Å². The molecule has 0 radical (unpaired) electrons. The van der Waals surface area contributed by atoms with Gasteiger partial charge in [-0.1, -0.05) is 0 Å². The van der Waals surface area contributed by atoms with Crippen molar-refractivity contribution in [1.82, 2.24) is 4.90 Å². The van der Waals surface area contributed by atoms with Crippen molar-refractivity contribution in [2.75, 3.05) is 26.2 Å². The molecule has 0 aliphatic carbocycles. The Morgan fingerprint density at radius 3 is 2.91 bits per heavy atom. The minimum Gasteiger partial charge on any atom is -0.387 e. The lowest BCUT2D eigenvalue weighted by atomic mass is 10.1. The maximum Gasteiger partial charge on any atom is 0.248 e. The van der Waals surface area contributed by atoms with Crippen molar-refractivity contribution in [3.8, 4) is 0 Å². The largest absolute Gasteiger partial charge is 0.387 e. The van der Waals surface area contributed by atoms with Crippen molar-refractivity contribution in [2.45, 2.75) is 6.42 Å². The Kier molecular flexibility index (Phi) is 2.84. The summed E-state index contributed by atoms with van der Waals surface area (Å²) in [7, 11) is 0. The monoisotopic (exact) mass is 158 g/mol. The van der Waals surface area contributed by atoms with Crippen LogP contribution < -0.4 is 5.73 Å². The smallest absolute Gasteiger partial charge is 0.248 e. The lowest BCUT2D eigenvalue weighted by Crippen LogP contribution is -2.31. The fraction of sp³-hybridized carbons (Fsp3) is 0.857. The van der Waals surface area contributed by atoms with Gasteiger partial charge in [0, 0.05) is 13.1 Å². The first kappa shape index (κ1) is 8.49. The summed E-state index contributed by atoms with van der Waals surface area (Å²) in [6.45, 7) is 1.73. The molecular weight excluding hydrogens is 144 g/mol. The predicted molar refractivity (Wildman–Crippen MR) is 40.8 cm³/mol. The summed E-state index contributed by atoms with van der Waals surface area (Å²) in [5.74, 6) is 0.256. The molecule has 0 aromatic rings. The average molecular weight is 158 g/mol. The number of hydrogen-bond donors (Lipinski definition) is 2. The molecule has 1 amide bonds. The van der Waals surface area contributed by atoms with Crippen LogP contribution in [-0.2, 0) is 4.79 Å². The van der Waals surface area contributed by atoms with E-state index in [1.165, 1.54) is 0 Å². The topological polar surface area (TPSA) is 66.6 Å². The second-order valence-corrected chi connectivity index (χ2v) is 2.89. The van der Waals surface area contributed by atoms with Gasteiger partial charge in [-0.05, 0) is 18.9 Å². The highest BCUT2D eigenvalue weighted by molar-refractivity contribution is 5.77. The number of aliphatic hydroxyl groups excluding tert-OH is 1. The van der Waals surface area contributed by atoms with Gasteiger partial charge in [0.05, 0.1) is 0 Å². The molecule has 11 heavy (non-hydrogen) atoms. The van der Waals surface area contributed by atoms with Gasteiger partial charge >= 0.3 is 0 Å². The zero-order chi connectivity index (χ0) is 8.27. The van der Waals surface area contributed by atoms with E-state index in [1.807, 2.05) is 0 Å². The maximum atomic E-state index is 10.9. The molecule has 0 aromatic heterocycles. The minimum atomic E-state index is -0.378. The van der Waals surface area contributed by atoms with Crippen molar-refractivity contribution in [2.24, 2.45) is 11.7 Å². The normalized spacial score (nSPS) is 24.2. The first-order chi connectivity index (χ1) is 5.27. The molecule has 0 spiro atoms. The molecule has 0 aromatic carbocycles. The number of carbonyl (C=O) groups excluding carboxylic acids is 1. The van der Waals surface area contributed by atoms with Gasteiger partial charge in [-0.25, -0.2) is 0 Å². The first-order valence-electron chi connectivity index (χ1n) is 3.86. The van der Waals surface area contributed by atoms with Gasteiger partial charge in [0.25, 0.3) is 0 Å². The molecular formula is C7H14N2O2. The van der Waals surface area contributed by atoms with E-state index in [4.69, 9.17) is 10.8 Å². The summed E-state index contributed by atoms with van der Waals surface area (Å²) in [5.41, 5.74) is 5.44. The highest BCUT2D eigenvalue weighted by Gasteiger charge is 2.24. The Hall–Kier alpha value is -0.610. The number of aliphatic hydroxyl groups is 1.